The summed E-state index contributed by atoms with van der Waals surface area (Å²) in [5.74, 6) is 1.54. The maximum absolute atomic E-state index is 6.03. The van der Waals surface area contributed by atoms with Crippen molar-refractivity contribution in [1.82, 2.24) is 10.3 Å². The van der Waals surface area contributed by atoms with E-state index in [-0.39, 0.29) is 5.54 Å². The number of benzene rings is 3. The third-order valence-electron chi connectivity index (χ3n) is 5.36. The fraction of sp³-hybridized carbons (Fsp3) is 0.259. The lowest BCUT2D eigenvalue weighted by atomic mass is 9.94. The highest BCUT2D eigenvalue weighted by molar-refractivity contribution is 5.83. The average Bonchev–Trinajstić information content (AvgIpc) is 3.19. The van der Waals surface area contributed by atoms with Gasteiger partial charge in [-0.3, -0.25) is 0 Å². The normalized spacial score (nSPS) is 11.5. The van der Waals surface area contributed by atoms with Crippen LogP contribution >= 0.6 is 0 Å². The molecule has 0 atom stereocenters. The molecule has 0 saturated carbocycles. The van der Waals surface area contributed by atoms with Crippen LogP contribution in [-0.4, -0.2) is 23.7 Å². The molecule has 1 heterocycles. The number of H-pyrrole nitrogens is 1. The zero-order valence-electron chi connectivity index (χ0n) is 18.2. The van der Waals surface area contributed by atoms with E-state index in [0.717, 1.165) is 30.0 Å². The lowest BCUT2D eigenvalue weighted by Crippen LogP contribution is -2.43. The Morgan fingerprint density at radius 3 is 2.29 bits per heavy atom. The quantitative estimate of drug-likeness (QED) is 0.326. The molecule has 4 nitrogen and oxygen atoms in total. The summed E-state index contributed by atoms with van der Waals surface area (Å²) in [6.07, 6.45) is 3.05. The number of nitrogens with one attached hydrogen (secondary N) is 2. The second-order valence-electron chi connectivity index (χ2n) is 8.42. The number of fused-ring (bicyclic) bond motifs is 1. The van der Waals surface area contributed by atoms with Crippen molar-refractivity contribution >= 4 is 10.9 Å². The van der Waals surface area contributed by atoms with Crippen molar-refractivity contribution in [3.63, 3.8) is 0 Å². The van der Waals surface area contributed by atoms with Crippen molar-refractivity contribution in [3.05, 3.63) is 96.2 Å². The summed E-state index contributed by atoms with van der Waals surface area (Å²) in [5, 5.41) is 4.92. The lowest BCUT2D eigenvalue weighted by Gasteiger charge is -2.26. The van der Waals surface area contributed by atoms with Gasteiger partial charge in [-0.2, -0.15) is 0 Å². The lowest BCUT2D eigenvalue weighted by molar-refractivity contribution is 0.251. The first-order valence-electron chi connectivity index (χ1n) is 10.8. The fourth-order valence-electron chi connectivity index (χ4n) is 3.79. The molecule has 4 aromatic rings. The zero-order chi connectivity index (χ0) is 21.5. The predicted molar refractivity (Wildman–Crippen MR) is 127 cm³/mol. The Balaban J connectivity index is 1.28. The predicted octanol–water partition coefficient (Wildman–Crippen LogP) is 5.74. The number of para-hydroxylation sites is 3. The van der Waals surface area contributed by atoms with Gasteiger partial charge in [0.05, 0.1) is 0 Å². The molecule has 0 bridgehead atoms. The van der Waals surface area contributed by atoms with Gasteiger partial charge >= 0.3 is 0 Å². The molecule has 2 N–H and O–H groups in total. The molecule has 0 aliphatic rings. The van der Waals surface area contributed by atoms with Gasteiger partial charge in [0.1, 0.15) is 13.2 Å². The third kappa shape index (κ3) is 5.68. The number of ether oxygens (including phenoxy) is 2. The van der Waals surface area contributed by atoms with Gasteiger partial charge in [-0.25, -0.2) is 0 Å². The topological polar surface area (TPSA) is 46.3 Å². The van der Waals surface area contributed by atoms with E-state index in [2.05, 4.69) is 66.7 Å². The molecule has 0 unspecified atom stereocenters. The van der Waals surface area contributed by atoms with E-state index in [9.17, 15) is 0 Å². The highest BCUT2D eigenvalue weighted by Crippen LogP contribution is 2.27. The number of hydrogen-bond acceptors (Lipinski definition) is 3. The number of rotatable bonds is 10. The first-order chi connectivity index (χ1) is 15.1. The van der Waals surface area contributed by atoms with Gasteiger partial charge in [-0.15, -0.1) is 0 Å². The SMILES string of the molecule is CC(C)(Cc1c[nH]c2ccccc12)NCCOc1ccccc1OCc1ccccc1. The van der Waals surface area contributed by atoms with E-state index in [1.165, 1.54) is 16.5 Å². The van der Waals surface area contributed by atoms with Gasteiger partial charge in [0.25, 0.3) is 0 Å². The minimum absolute atomic E-state index is 0.0440. The summed E-state index contributed by atoms with van der Waals surface area (Å²) in [6, 6.07) is 26.4. The van der Waals surface area contributed by atoms with E-state index < -0.39 is 0 Å². The van der Waals surface area contributed by atoms with Gasteiger partial charge in [0, 0.05) is 29.2 Å². The standard InChI is InChI=1S/C27H30N2O2/c1-27(2,18-22-19-28-24-13-7-6-12-23(22)24)29-16-17-30-25-14-8-9-15-26(25)31-20-21-10-4-3-5-11-21/h3-15,19,28-29H,16-18,20H2,1-2H3. The number of hydrogen-bond donors (Lipinski definition) is 2. The number of aromatic nitrogens is 1. The van der Waals surface area contributed by atoms with Crippen molar-refractivity contribution < 1.29 is 9.47 Å². The second-order valence-corrected chi connectivity index (χ2v) is 8.42. The van der Waals surface area contributed by atoms with Crippen molar-refractivity contribution in [1.29, 1.82) is 0 Å². The van der Waals surface area contributed by atoms with Crippen LogP contribution in [-0.2, 0) is 13.0 Å². The summed E-state index contributed by atoms with van der Waals surface area (Å²) in [7, 11) is 0. The average molecular weight is 415 g/mol. The Bertz CT molecular complexity index is 1100. The zero-order valence-corrected chi connectivity index (χ0v) is 18.2. The molecule has 0 radical (unpaired) electrons. The van der Waals surface area contributed by atoms with Crippen LogP contribution in [0.4, 0.5) is 0 Å². The molecule has 31 heavy (non-hydrogen) atoms. The Morgan fingerprint density at radius 1 is 0.806 bits per heavy atom. The Kier molecular flexibility index (Phi) is 6.58. The molecule has 3 aromatic carbocycles. The molecule has 0 aliphatic heterocycles. The van der Waals surface area contributed by atoms with Crippen LogP contribution in [0.1, 0.15) is 25.0 Å². The van der Waals surface area contributed by atoms with Crippen LogP contribution in [0.25, 0.3) is 10.9 Å². The summed E-state index contributed by atoms with van der Waals surface area (Å²) in [4.78, 5) is 3.36. The molecular formula is C27H30N2O2. The second kappa shape index (κ2) is 9.71. The molecular weight excluding hydrogens is 384 g/mol. The Hall–Kier alpha value is -3.24. The number of aromatic amines is 1. The van der Waals surface area contributed by atoms with E-state index in [0.29, 0.717) is 13.2 Å². The molecule has 0 spiro atoms. The molecule has 4 rings (SSSR count). The summed E-state index contributed by atoms with van der Waals surface area (Å²) in [6.45, 7) is 6.31. The monoisotopic (exact) mass is 414 g/mol. The largest absolute Gasteiger partial charge is 0.488 e. The molecule has 0 saturated heterocycles. The molecule has 4 heteroatoms. The molecule has 160 valence electrons. The highest BCUT2D eigenvalue weighted by atomic mass is 16.5. The summed E-state index contributed by atoms with van der Waals surface area (Å²) < 4.78 is 12.0. The van der Waals surface area contributed by atoms with Crippen molar-refractivity contribution in [2.75, 3.05) is 13.2 Å². The van der Waals surface area contributed by atoms with Crippen LogP contribution in [0.2, 0.25) is 0 Å². The van der Waals surface area contributed by atoms with Gasteiger partial charge < -0.3 is 19.8 Å². The maximum Gasteiger partial charge on any atom is 0.161 e. The Morgan fingerprint density at radius 2 is 1.48 bits per heavy atom. The summed E-state index contributed by atoms with van der Waals surface area (Å²) in [5.41, 5.74) is 3.60. The van der Waals surface area contributed by atoms with E-state index in [1.807, 2.05) is 42.5 Å². The van der Waals surface area contributed by atoms with E-state index in [4.69, 9.17) is 9.47 Å². The summed E-state index contributed by atoms with van der Waals surface area (Å²) >= 11 is 0. The minimum Gasteiger partial charge on any atom is -0.488 e. The smallest absolute Gasteiger partial charge is 0.161 e. The highest BCUT2D eigenvalue weighted by Gasteiger charge is 2.19. The van der Waals surface area contributed by atoms with Crippen LogP contribution in [0.5, 0.6) is 11.5 Å². The first-order valence-corrected chi connectivity index (χ1v) is 10.8. The maximum atomic E-state index is 6.03. The molecule has 0 aliphatic carbocycles. The van der Waals surface area contributed by atoms with Crippen molar-refractivity contribution in [2.45, 2.75) is 32.4 Å². The van der Waals surface area contributed by atoms with Gasteiger partial charge in [-0.1, -0.05) is 60.7 Å². The van der Waals surface area contributed by atoms with Crippen LogP contribution in [0.15, 0.2) is 85.1 Å². The third-order valence-corrected chi connectivity index (χ3v) is 5.36. The van der Waals surface area contributed by atoms with E-state index >= 15 is 0 Å². The molecule has 1 aromatic heterocycles. The van der Waals surface area contributed by atoms with Crippen LogP contribution in [0.3, 0.4) is 0 Å². The van der Waals surface area contributed by atoms with Crippen molar-refractivity contribution in [2.24, 2.45) is 0 Å². The molecule has 0 fully saturated rings. The molecule has 0 amide bonds. The van der Waals surface area contributed by atoms with Gasteiger partial charge in [0.15, 0.2) is 11.5 Å². The van der Waals surface area contributed by atoms with Gasteiger partial charge in [-0.05, 0) is 49.6 Å². The fourth-order valence-corrected chi connectivity index (χ4v) is 3.79. The first kappa shape index (κ1) is 21.0. The van der Waals surface area contributed by atoms with Gasteiger partial charge in [0.2, 0.25) is 0 Å². The van der Waals surface area contributed by atoms with Crippen molar-refractivity contribution in [3.8, 4) is 11.5 Å². The van der Waals surface area contributed by atoms with E-state index in [1.54, 1.807) is 0 Å². The minimum atomic E-state index is -0.0440. The van der Waals surface area contributed by atoms with Crippen LogP contribution < -0.4 is 14.8 Å². The van der Waals surface area contributed by atoms with Crippen LogP contribution in [0, 0.1) is 0 Å². The Labute approximate surface area is 184 Å².